The second-order valence-corrected chi connectivity index (χ2v) is 5.34. The predicted molar refractivity (Wildman–Crippen MR) is 92.8 cm³/mol. The van der Waals surface area contributed by atoms with E-state index in [2.05, 4.69) is 25.6 Å². The average Bonchev–Trinajstić information content (AvgIpc) is 3.06. The monoisotopic (exact) mass is 337 g/mol. The van der Waals surface area contributed by atoms with Crippen LogP contribution in [0, 0.1) is 17.0 Å². The van der Waals surface area contributed by atoms with Gasteiger partial charge in [0.05, 0.1) is 16.8 Å². The van der Waals surface area contributed by atoms with Gasteiger partial charge in [-0.05, 0) is 19.4 Å². The molecule has 0 saturated heterocycles. The number of aryl methyl sites for hydroxylation is 1. The topological polar surface area (TPSA) is 111 Å². The van der Waals surface area contributed by atoms with Gasteiger partial charge in [0.25, 0.3) is 5.69 Å². The summed E-state index contributed by atoms with van der Waals surface area (Å²) in [5, 5.41) is 19.3. The van der Waals surface area contributed by atoms with E-state index in [-0.39, 0.29) is 5.69 Å². The number of aromatic nitrogens is 4. The minimum Gasteiger partial charge on any atom is -0.261 e. The minimum atomic E-state index is -0.438. The predicted octanol–water partition coefficient (Wildman–Crippen LogP) is 2.72. The highest BCUT2D eigenvalue weighted by molar-refractivity contribution is 5.99. The number of benzene rings is 1. The molecule has 1 N–H and O–H groups in total. The molecule has 1 aromatic carbocycles. The number of hydrogen-bond donors (Lipinski definition) is 1. The zero-order chi connectivity index (χ0) is 17.8. The summed E-state index contributed by atoms with van der Waals surface area (Å²) in [5.74, 6) is 1.09. The van der Waals surface area contributed by atoms with Crippen LogP contribution in [-0.2, 0) is 0 Å². The molecule has 2 aromatic heterocycles. The Hall–Kier alpha value is -3.62. The third-order valence-electron chi connectivity index (χ3n) is 3.41. The van der Waals surface area contributed by atoms with Crippen molar-refractivity contribution in [2.45, 2.75) is 13.8 Å². The molecular weight excluding hydrogens is 322 g/mol. The van der Waals surface area contributed by atoms with Crippen molar-refractivity contribution >= 4 is 17.2 Å². The van der Waals surface area contributed by atoms with E-state index in [1.54, 1.807) is 36.0 Å². The van der Waals surface area contributed by atoms with Crippen molar-refractivity contribution in [2.24, 2.45) is 5.10 Å². The maximum Gasteiger partial charge on any atom is 0.270 e. The average molecular weight is 337 g/mol. The number of non-ortho nitro benzene ring substituents is 1. The van der Waals surface area contributed by atoms with Gasteiger partial charge in [-0.3, -0.25) is 15.5 Å². The van der Waals surface area contributed by atoms with Gasteiger partial charge in [-0.25, -0.2) is 14.6 Å². The van der Waals surface area contributed by atoms with Crippen LogP contribution < -0.4 is 5.43 Å². The molecule has 0 spiro atoms. The summed E-state index contributed by atoms with van der Waals surface area (Å²) in [7, 11) is 0. The zero-order valence-corrected chi connectivity index (χ0v) is 13.6. The first kappa shape index (κ1) is 16.2. The van der Waals surface area contributed by atoms with Crippen LogP contribution in [0.4, 0.5) is 11.5 Å². The number of hydrogen-bond acceptors (Lipinski definition) is 7. The maximum atomic E-state index is 10.9. The van der Waals surface area contributed by atoms with E-state index >= 15 is 0 Å². The molecular formula is C16H15N7O2. The smallest absolute Gasteiger partial charge is 0.261 e. The molecule has 3 rings (SSSR count). The van der Waals surface area contributed by atoms with E-state index in [1.807, 2.05) is 13.1 Å². The Morgan fingerprint density at radius 1 is 1.32 bits per heavy atom. The number of rotatable bonds is 5. The fourth-order valence-electron chi connectivity index (χ4n) is 2.12. The molecule has 0 fully saturated rings. The van der Waals surface area contributed by atoms with E-state index in [0.29, 0.717) is 22.9 Å². The molecule has 0 aliphatic rings. The van der Waals surface area contributed by atoms with Crippen molar-refractivity contribution in [3.05, 3.63) is 70.3 Å². The van der Waals surface area contributed by atoms with E-state index in [0.717, 1.165) is 5.56 Å². The molecule has 9 nitrogen and oxygen atoms in total. The van der Waals surface area contributed by atoms with Gasteiger partial charge in [-0.2, -0.15) is 10.2 Å². The second kappa shape index (κ2) is 6.87. The van der Waals surface area contributed by atoms with Crippen LogP contribution in [0.2, 0.25) is 0 Å². The highest BCUT2D eigenvalue weighted by atomic mass is 16.6. The Balaban J connectivity index is 1.79. The molecule has 0 amide bonds. The lowest BCUT2D eigenvalue weighted by Crippen LogP contribution is -2.04. The molecule has 2 heterocycles. The lowest BCUT2D eigenvalue weighted by atomic mass is 10.1. The molecule has 0 bridgehead atoms. The highest BCUT2D eigenvalue weighted by Crippen LogP contribution is 2.14. The third-order valence-corrected chi connectivity index (χ3v) is 3.41. The molecule has 25 heavy (non-hydrogen) atoms. The van der Waals surface area contributed by atoms with Crippen molar-refractivity contribution in [2.75, 3.05) is 5.43 Å². The third kappa shape index (κ3) is 3.83. The Labute approximate surface area is 143 Å². The Morgan fingerprint density at radius 3 is 2.88 bits per heavy atom. The SMILES string of the molecule is C/C(=N\Nc1cc(-n2cc(C)cn2)ncn1)c1cccc([N+](=O)[O-])c1. The fraction of sp³-hybridized carbons (Fsp3) is 0.125. The first-order chi connectivity index (χ1) is 12.0. The number of nitrogens with one attached hydrogen (secondary N) is 1. The van der Waals surface area contributed by atoms with E-state index < -0.39 is 4.92 Å². The summed E-state index contributed by atoms with van der Waals surface area (Å²) in [6.07, 6.45) is 5.00. The molecule has 0 aliphatic heterocycles. The normalized spacial score (nSPS) is 11.4. The Bertz CT molecular complexity index is 949. The number of nitro groups is 1. The first-order valence-electron chi connectivity index (χ1n) is 7.42. The second-order valence-electron chi connectivity index (χ2n) is 5.34. The largest absolute Gasteiger partial charge is 0.270 e. The van der Waals surface area contributed by atoms with Crippen LogP contribution in [0.25, 0.3) is 5.82 Å². The van der Waals surface area contributed by atoms with Crippen LogP contribution in [-0.4, -0.2) is 30.4 Å². The molecule has 0 radical (unpaired) electrons. The number of hydrazone groups is 1. The Morgan fingerprint density at radius 2 is 2.16 bits per heavy atom. The van der Waals surface area contributed by atoms with E-state index in [9.17, 15) is 10.1 Å². The van der Waals surface area contributed by atoms with Crippen LogP contribution in [0.1, 0.15) is 18.1 Å². The molecule has 126 valence electrons. The van der Waals surface area contributed by atoms with Gasteiger partial charge < -0.3 is 0 Å². The maximum absolute atomic E-state index is 10.9. The summed E-state index contributed by atoms with van der Waals surface area (Å²) in [6, 6.07) is 7.99. The van der Waals surface area contributed by atoms with Crippen molar-refractivity contribution < 1.29 is 4.92 Å². The van der Waals surface area contributed by atoms with Crippen LogP contribution >= 0.6 is 0 Å². The first-order valence-corrected chi connectivity index (χ1v) is 7.42. The quantitative estimate of drug-likeness (QED) is 0.435. The lowest BCUT2D eigenvalue weighted by molar-refractivity contribution is -0.384. The summed E-state index contributed by atoms with van der Waals surface area (Å²) in [6.45, 7) is 3.70. The Kier molecular flexibility index (Phi) is 4.46. The van der Waals surface area contributed by atoms with Crippen LogP contribution in [0.5, 0.6) is 0 Å². The highest BCUT2D eigenvalue weighted by Gasteiger charge is 2.07. The van der Waals surface area contributed by atoms with Gasteiger partial charge in [0.2, 0.25) is 0 Å². The van der Waals surface area contributed by atoms with Crippen molar-refractivity contribution in [1.82, 2.24) is 19.7 Å². The molecule has 9 heteroatoms. The summed E-state index contributed by atoms with van der Waals surface area (Å²) < 4.78 is 1.64. The standard InChI is InChI=1S/C16H15N7O2/c1-11-8-19-22(9-11)16-7-15(17-10-18-16)21-20-12(2)13-4-3-5-14(6-13)23(24)25/h3-10H,1-2H3,(H,17,18,21)/b20-12+. The summed E-state index contributed by atoms with van der Waals surface area (Å²) in [4.78, 5) is 18.7. The number of nitrogens with zero attached hydrogens (tertiary/aromatic N) is 6. The van der Waals surface area contributed by atoms with E-state index in [4.69, 9.17) is 0 Å². The van der Waals surface area contributed by atoms with Gasteiger partial charge in [-0.15, -0.1) is 0 Å². The van der Waals surface area contributed by atoms with Gasteiger partial charge in [-0.1, -0.05) is 12.1 Å². The summed E-state index contributed by atoms with van der Waals surface area (Å²) >= 11 is 0. The lowest BCUT2D eigenvalue weighted by Gasteiger charge is -2.05. The molecule has 0 atom stereocenters. The van der Waals surface area contributed by atoms with E-state index in [1.165, 1.54) is 18.5 Å². The zero-order valence-electron chi connectivity index (χ0n) is 13.6. The molecule has 3 aromatic rings. The molecule has 0 unspecified atom stereocenters. The number of nitro benzene ring substituents is 1. The molecule has 0 aliphatic carbocycles. The van der Waals surface area contributed by atoms with Crippen molar-refractivity contribution in [3.63, 3.8) is 0 Å². The minimum absolute atomic E-state index is 0.0189. The van der Waals surface area contributed by atoms with Crippen molar-refractivity contribution in [1.29, 1.82) is 0 Å². The summed E-state index contributed by atoms with van der Waals surface area (Å²) in [5.41, 5.74) is 5.12. The van der Waals surface area contributed by atoms with Gasteiger partial charge in [0.15, 0.2) is 11.6 Å². The van der Waals surface area contributed by atoms with Crippen LogP contribution in [0.15, 0.2) is 54.2 Å². The molecule has 0 saturated carbocycles. The fourth-order valence-corrected chi connectivity index (χ4v) is 2.12. The van der Waals surface area contributed by atoms with Gasteiger partial charge >= 0.3 is 0 Å². The van der Waals surface area contributed by atoms with Gasteiger partial charge in [0, 0.05) is 30.0 Å². The number of anilines is 1. The van der Waals surface area contributed by atoms with Crippen LogP contribution in [0.3, 0.4) is 0 Å². The van der Waals surface area contributed by atoms with Gasteiger partial charge in [0.1, 0.15) is 6.33 Å². The van der Waals surface area contributed by atoms with Crippen molar-refractivity contribution in [3.8, 4) is 5.82 Å².